The van der Waals surface area contributed by atoms with Crippen LogP contribution in [0.2, 0.25) is 0 Å². The van der Waals surface area contributed by atoms with E-state index in [2.05, 4.69) is 0 Å². The van der Waals surface area contributed by atoms with Crippen molar-refractivity contribution in [2.24, 2.45) is 0 Å². The van der Waals surface area contributed by atoms with Crippen LogP contribution in [0.5, 0.6) is 0 Å². The summed E-state index contributed by atoms with van der Waals surface area (Å²) < 4.78 is -1.59. The SMILES string of the molecule is CC(Cl)(Cl)C(=O)N(CC#N)CC#N. The van der Waals surface area contributed by atoms with E-state index in [1.165, 1.54) is 6.92 Å². The number of hydrogen-bond acceptors (Lipinski definition) is 3. The van der Waals surface area contributed by atoms with Crippen molar-refractivity contribution in [3.63, 3.8) is 0 Å². The summed E-state index contributed by atoms with van der Waals surface area (Å²) in [6.45, 7) is 0.906. The molecule has 0 bridgehead atoms. The van der Waals surface area contributed by atoms with E-state index >= 15 is 0 Å². The predicted molar refractivity (Wildman–Crippen MR) is 47.9 cm³/mol. The highest BCUT2D eigenvalue weighted by Gasteiger charge is 2.31. The first-order valence-corrected chi connectivity index (χ1v) is 4.10. The number of rotatable bonds is 3. The molecule has 0 rings (SSSR count). The van der Waals surface area contributed by atoms with Gasteiger partial charge in [0.1, 0.15) is 13.1 Å². The van der Waals surface area contributed by atoms with Crippen molar-refractivity contribution in [1.29, 1.82) is 10.5 Å². The molecule has 0 radical (unpaired) electrons. The van der Waals surface area contributed by atoms with Crippen molar-refractivity contribution < 1.29 is 4.79 Å². The molecule has 4 nitrogen and oxygen atoms in total. The molecule has 0 saturated carbocycles. The molecule has 0 aromatic rings. The minimum absolute atomic E-state index is 0.193. The molecule has 0 aliphatic carbocycles. The second-order valence-corrected chi connectivity index (χ2v) is 4.07. The first-order valence-electron chi connectivity index (χ1n) is 3.34. The largest absolute Gasteiger partial charge is 0.313 e. The molecule has 0 aliphatic rings. The molecule has 0 aromatic carbocycles. The molecular weight excluding hydrogens is 213 g/mol. The molecule has 70 valence electrons. The molecular formula is C7H7Cl2N3O. The van der Waals surface area contributed by atoms with Crippen LogP contribution >= 0.6 is 23.2 Å². The summed E-state index contributed by atoms with van der Waals surface area (Å²) in [4.78, 5) is 12.3. The van der Waals surface area contributed by atoms with Gasteiger partial charge in [-0.1, -0.05) is 23.2 Å². The Morgan fingerprint density at radius 2 is 1.77 bits per heavy atom. The number of nitriles is 2. The van der Waals surface area contributed by atoms with E-state index in [1.807, 2.05) is 0 Å². The highest BCUT2D eigenvalue weighted by Crippen LogP contribution is 2.22. The Balaban J connectivity index is 4.50. The Labute approximate surface area is 86.2 Å². The number of alkyl halides is 2. The maximum Gasteiger partial charge on any atom is 0.260 e. The van der Waals surface area contributed by atoms with Crippen LogP contribution in [0.3, 0.4) is 0 Å². The van der Waals surface area contributed by atoms with E-state index in [4.69, 9.17) is 33.7 Å². The molecule has 1 amide bonds. The Bertz CT molecular complexity index is 255. The molecule has 0 N–H and O–H groups in total. The highest BCUT2D eigenvalue weighted by atomic mass is 35.5. The summed E-state index contributed by atoms with van der Waals surface area (Å²) in [6, 6.07) is 3.48. The zero-order valence-electron chi connectivity index (χ0n) is 6.92. The summed E-state index contributed by atoms with van der Waals surface area (Å²) >= 11 is 11.0. The maximum atomic E-state index is 11.3. The van der Waals surface area contributed by atoms with Gasteiger partial charge in [0.15, 0.2) is 4.33 Å². The van der Waals surface area contributed by atoms with Crippen molar-refractivity contribution >= 4 is 29.1 Å². The number of nitrogens with zero attached hydrogens (tertiary/aromatic N) is 3. The molecule has 0 saturated heterocycles. The predicted octanol–water partition coefficient (Wildman–Crippen LogP) is 1.06. The summed E-state index contributed by atoms with van der Waals surface area (Å²) in [6.07, 6.45) is 0. The zero-order chi connectivity index (χ0) is 10.5. The second kappa shape index (κ2) is 4.91. The molecule has 0 spiro atoms. The van der Waals surface area contributed by atoms with E-state index in [-0.39, 0.29) is 13.1 Å². The molecule has 0 aromatic heterocycles. The first kappa shape index (κ1) is 12.0. The third kappa shape index (κ3) is 3.98. The third-order valence-corrected chi connectivity index (χ3v) is 1.51. The molecule has 0 atom stereocenters. The van der Waals surface area contributed by atoms with Crippen molar-refractivity contribution in [1.82, 2.24) is 4.90 Å². The van der Waals surface area contributed by atoms with Crippen LogP contribution in [0, 0.1) is 22.7 Å². The quantitative estimate of drug-likeness (QED) is 0.527. The summed E-state index contributed by atoms with van der Waals surface area (Å²) in [7, 11) is 0. The van der Waals surface area contributed by atoms with Crippen molar-refractivity contribution in [2.75, 3.05) is 13.1 Å². The fourth-order valence-corrected chi connectivity index (χ4v) is 0.887. The number of amides is 1. The monoisotopic (exact) mass is 219 g/mol. The van der Waals surface area contributed by atoms with E-state index in [0.29, 0.717) is 0 Å². The van der Waals surface area contributed by atoms with E-state index in [0.717, 1.165) is 4.90 Å². The zero-order valence-corrected chi connectivity index (χ0v) is 8.43. The molecule has 0 unspecified atom stereocenters. The molecule has 0 fully saturated rings. The summed E-state index contributed by atoms with van der Waals surface area (Å²) in [5.41, 5.74) is 0. The number of hydrogen-bond donors (Lipinski definition) is 0. The maximum absolute atomic E-state index is 11.3. The first-order chi connectivity index (χ1) is 5.93. The number of carbonyl (C=O) groups is 1. The standard InChI is InChI=1S/C7H7Cl2N3O/c1-7(8,9)6(13)12(4-2-10)5-3-11/h4-5H2,1H3. The molecule has 13 heavy (non-hydrogen) atoms. The second-order valence-electron chi connectivity index (χ2n) is 2.37. The summed E-state index contributed by atoms with van der Waals surface area (Å²) in [5, 5.41) is 16.7. The van der Waals surface area contributed by atoms with Gasteiger partial charge < -0.3 is 4.90 Å². The van der Waals surface area contributed by atoms with Crippen LogP contribution < -0.4 is 0 Å². The van der Waals surface area contributed by atoms with Gasteiger partial charge in [0.25, 0.3) is 5.91 Å². The van der Waals surface area contributed by atoms with Gasteiger partial charge in [-0.3, -0.25) is 4.79 Å². The fourth-order valence-electron chi connectivity index (χ4n) is 0.648. The van der Waals surface area contributed by atoms with Crippen LogP contribution in [0.1, 0.15) is 6.92 Å². The topological polar surface area (TPSA) is 67.9 Å². The van der Waals surface area contributed by atoms with Crippen LogP contribution in [0.4, 0.5) is 0 Å². The number of carbonyl (C=O) groups excluding carboxylic acids is 1. The fraction of sp³-hybridized carbons (Fsp3) is 0.571. The van der Waals surface area contributed by atoms with Gasteiger partial charge in [-0.25, -0.2) is 0 Å². The Morgan fingerprint density at radius 1 is 1.38 bits per heavy atom. The molecule has 6 heteroatoms. The van der Waals surface area contributed by atoms with Gasteiger partial charge in [0.05, 0.1) is 12.1 Å². The lowest BCUT2D eigenvalue weighted by atomic mass is 10.3. The Kier molecular flexibility index (Phi) is 4.55. The van der Waals surface area contributed by atoms with Gasteiger partial charge in [0.2, 0.25) is 0 Å². The van der Waals surface area contributed by atoms with E-state index in [9.17, 15) is 4.79 Å². The van der Waals surface area contributed by atoms with Crippen LogP contribution in [0.15, 0.2) is 0 Å². The average molecular weight is 220 g/mol. The lowest BCUT2D eigenvalue weighted by Gasteiger charge is -2.21. The van der Waals surface area contributed by atoms with Gasteiger partial charge in [-0.15, -0.1) is 0 Å². The molecule has 0 aliphatic heterocycles. The van der Waals surface area contributed by atoms with E-state index < -0.39 is 10.2 Å². The Morgan fingerprint density at radius 3 is 2.00 bits per heavy atom. The van der Waals surface area contributed by atoms with Gasteiger partial charge in [-0.2, -0.15) is 10.5 Å². The third-order valence-electron chi connectivity index (χ3n) is 1.19. The van der Waals surface area contributed by atoms with E-state index in [1.54, 1.807) is 12.1 Å². The lowest BCUT2D eigenvalue weighted by molar-refractivity contribution is -0.130. The minimum atomic E-state index is -1.59. The van der Waals surface area contributed by atoms with Gasteiger partial charge in [0, 0.05) is 0 Å². The summed E-state index contributed by atoms with van der Waals surface area (Å²) in [5.74, 6) is -0.640. The minimum Gasteiger partial charge on any atom is -0.313 e. The van der Waals surface area contributed by atoms with Crippen LogP contribution in [0.25, 0.3) is 0 Å². The van der Waals surface area contributed by atoms with Gasteiger partial charge >= 0.3 is 0 Å². The average Bonchev–Trinajstić information content (AvgIpc) is 2.01. The lowest BCUT2D eigenvalue weighted by Crippen LogP contribution is -2.41. The van der Waals surface area contributed by atoms with Crippen molar-refractivity contribution in [2.45, 2.75) is 11.3 Å². The molecule has 0 heterocycles. The van der Waals surface area contributed by atoms with Crippen molar-refractivity contribution in [3.05, 3.63) is 0 Å². The van der Waals surface area contributed by atoms with Crippen molar-refractivity contribution in [3.8, 4) is 12.1 Å². The highest BCUT2D eigenvalue weighted by molar-refractivity contribution is 6.57. The smallest absolute Gasteiger partial charge is 0.260 e. The number of halogens is 2. The Hall–Kier alpha value is -0.970. The normalized spacial score (nSPS) is 9.92. The van der Waals surface area contributed by atoms with Gasteiger partial charge in [-0.05, 0) is 6.92 Å². The van der Waals surface area contributed by atoms with Crippen LogP contribution in [-0.2, 0) is 4.79 Å². The van der Waals surface area contributed by atoms with Crippen LogP contribution in [-0.4, -0.2) is 28.2 Å².